The van der Waals surface area contributed by atoms with Crippen LogP contribution in [0.1, 0.15) is 38.8 Å². The number of benzene rings is 1. The zero-order valence-electron chi connectivity index (χ0n) is 13.6. The minimum absolute atomic E-state index is 0.616. The Kier molecular flexibility index (Phi) is 4.48. The number of nitrogens with zero attached hydrogens (tertiary/aromatic N) is 2. The molecule has 0 saturated carbocycles. The van der Waals surface area contributed by atoms with Crippen molar-refractivity contribution in [3.8, 4) is 17.2 Å². The highest BCUT2D eigenvalue weighted by molar-refractivity contribution is 5.54. The average Bonchev–Trinajstić information content (AvgIpc) is 3.00. The van der Waals surface area contributed by atoms with E-state index in [-0.39, 0.29) is 0 Å². The molecular formula is C18H24N2O2. The summed E-state index contributed by atoms with van der Waals surface area (Å²) in [6.45, 7) is 5.47. The van der Waals surface area contributed by atoms with Crippen molar-refractivity contribution < 1.29 is 9.15 Å². The first-order valence-corrected chi connectivity index (χ1v) is 8.02. The van der Waals surface area contributed by atoms with E-state index in [0.29, 0.717) is 18.0 Å². The fourth-order valence-electron chi connectivity index (χ4n) is 3.22. The van der Waals surface area contributed by atoms with Gasteiger partial charge in [0.25, 0.3) is 0 Å². The molecule has 0 amide bonds. The molecule has 22 heavy (non-hydrogen) atoms. The molecule has 0 spiro atoms. The van der Waals surface area contributed by atoms with E-state index in [2.05, 4.69) is 23.7 Å². The topological polar surface area (TPSA) is 38.5 Å². The van der Waals surface area contributed by atoms with Gasteiger partial charge in [0.1, 0.15) is 12.0 Å². The monoisotopic (exact) mass is 300 g/mol. The average molecular weight is 300 g/mol. The molecule has 3 rings (SSSR count). The first kappa shape index (κ1) is 15.1. The van der Waals surface area contributed by atoms with Crippen molar-refractivity contribution >= 4 is 0 Å². The van der Waals surface area contributed by atoms with Crippen LogP contribution in [0.5, 0.6) is 5.75 Å². The van der Waals surface area contributed by atoms with Crippen molar-refractivity contribution in [3.63, 3.8) is 0 Å². The summed E-state index contributed by atoms with van der Waals surface area (Å²) in [6.07, 6.45) is 5.66. The lowest BCUT2D eigenvalue weighted by Gasteiger charge is -2.38. The number of ether oxygens (including phenoxy) is 1. The summed E-state index contributed by atoms with van der Waals surface area (Å²) in [7, 11) is 1.67. The quantitative estimate of drug-likeness (QED) is 0.851. The Bertz CT molecular complexity index is 596. The highest BCUT2D eigenvalue weighted by Gasteiger charge is 2.25. The number of hydrogen-bond donors (Lipinski definition) is 0. The van der Waals surface area contributed by atoms with Crippen LogP contribution < -0.4 is 4.74 Å². The van der Waals surface area contributed by atoms with Crippen LogP contribution in [0.3, 0.4) is 0 Å². The minimum atomic E-state index is 0.616. The molecule has 4 nitrogen and oxygen atoms in total. The van der Waals surface area contributed by atoms with Gasteiger partial charge in [0.15, 0.2) is 0 Å². The van der Waals surface area contributed by atoms with Crippen LogP contribution in [0.25, 0.3) is 11.5 Å². The number of oxazole rings is 1. The molecule has 2 aromatic rings. The maximum atomic E-state index is 5.66. The third kappa shape index (κ3) is 3.17. The van der Waals surface area contributed by atoms with E-state index >= 15 is 0 Å². The van der Waals surface area contributed by atoms with Gasteiger partial charge in [0, 0.05) is 24.2 Å². The number of hydrogen-bond acceptors (Lipinski definition) is 4. The van der Waals surface area contributed by atoms with Crippen molar-refractivity contribution in [2.45, 2.75) is 51.7 Å². The fraction of sp³-hybridized carbons (Fsp3) is 0.500. The van der Waals surface area contributed by atoms with Crippen LogP contribution in [0.2, 0.25) is 0 Å². The predicted octanol–water partition coefficient (Wildman–Crippen LogP) is 4.11. The second-order valence-electron chi connectivity index (χ2n) is 6.17. The summed E-state index contributed by atoms with van der Waals surface area (Å²) in [5.74, 6) is 1.52. The molecule has 1 aliphatic rings. The smallest absolute Gasteiger partial charge is 0.226 e. The van der Waals surface area contributed by atoms with Gasteiger partial charge >= 0.3 is 0 Å². The number of methoxy groups -OCH3 is 1. The van der Waals surface area contributed by atoms with E-state index in [0.717, 1.165) is 23.6 Å². The summed E-state index contributed by atoms with van der Waals surface area (Å²) in [6, 6.07) is 9.03. The fourth-order valence-corrected chi connectivity index (χ4v) is 3.22. The molecule has 2 heterocycles. The van der Waals surface area contributed by atoms with Gasteiger partial charge in [-0.25, -0.2) is 4.98 Å². The van der Waals surface area contributed by atoms with Gasteiger partial charge in [-0.05, 0) is 51.0 Å². The first-order valence-electron chi connectivity index (χ1n) is 8.02. The van der Waals surface area contributed by atoms with E-state index in [9.17, 15) is 0 Å². The van der Waals surface area contributed by atoms with Crippen molar-refractivity contribution in [2.75, 3.05) is 7.11 Å². The van der Waals surface area contributed by atoms with E-state index in [1.54, 1.807) is 13.4 Å². The van der Waals surface area contributed by atoms with Gasteiger partial charge in [-0.15, -0.1) is 0 Å². The molecule has 4 heteroatoms. The lowest BCUT2D eigenvalue weighted by atomic mass is 9.97. The highest BCUT2D eigenvalue weighted by atomic mass is 16.5. The number of likely N-dealkylation sites (tertiary alicyclic amines) is 1. The van der Waals surface area contributed by atoms with Crippen LogP contribution in [0.4, 0.5) is 0 Å². The number of aromatic nitrogens is 1. The van der Waals surface area contributed by atoms with Crippen molar-refractivity contribution in [1.82, 2.24) is 9.88 Å². The van der Waals surface area contributed by atoms with Gasteiger partial charge in [-0.2, -0.15) is 0 Å². The number of rotatable bonds is 4. The zero-order valence-corrected chi connectivity index (χ0v) is 13.6. The Morgan fingerprint density at radius 2 is 1.86 bits per heavy atom. The van der Waals surface area contributed by atoms with Gasteiger partial charge in [0.2, 0.25) is 5.89 Å². The van der Waals surface area contributed by atoms with Crippen molar-refractivity contribution in [3.05, 3.63) is 36.2 Å². The maximum Gasteiger partial charge on any atom is 0.226 e. The molecule has 1 fully saturated rings. The van der Waals surface area contributed by atoms with Crippen LogP contribution in [0, 0.1) is 0 Å². The van der Waals surface area contributed by atoms with Gasteiger partial charge in [-0.3, -0.25) is 4.90 Å². The molecule has 0 N–H and O–H groups in total. The Hall–Kier alpha value is -1.81. The normalized spacial score (nSPS) is 22.7. The summed E-state index contributed by atoms with van der Waals surface area (Å²) in [5.41, 5.74) is 1.98. The van der Waals surface area contributed by atoms with Crippen LogP contribution >= 0.6 is 0 Å². The largest absolute Gasteiger partial charge is 0.497 e. The van der Waals surface area contributed by atoms with E-state index in [1.165, 1.54) is 19.3 Å². The van der Waals surface area contributed by atoms with Gasteiger partial charge in [0.05, 0.1) is 12.8 Å². The maximum absolute atomic E-state index is 5.66. The van der Waals surface area contributed by atoms with E-state index in [1.807, 2.05) is 24.3 Å². The summed E-state index contributed by atoms with van der Waals surface area (Å²) < 4.78 is 10.8. The summed E-state index contributed by atoms with van der Waals surface area (Å²) in [4.78, 5) is 7.18. The van der Waals surface area contributed by atoms with Crippen LogP contribution in [0.15, 0.2) is 34.9 Å². The van der Waals surface area contributed by atoms with Crippen molar-refractivity contribution in [2.24, 2.45) is 0 Å². The van der Waals surface area contributed by atoms with Gasteiger partial charge < -0.3 is 9.15 Å². The molecule has 1 aromatic carbocycles. The Morgan fingerprint density at radius 1 is 1.18 bits per heavy atom. The SMILES string of the molecule is COc1ccc(-c2nc(CN3[C@H](C)CCC[C@@H]3C)co2)cc1. The first-order chi connectivity index (χ1) is 10.7. The van der Waals surface area contributed by atoms with Crippen molar-refractivity contribution in [1.29, 1.82) is 0 Å². The molecular weight excluding hydrogens is 276 g/mol. The molecule has 1 aliphatic heterocycles. The van der Waals surface area contributed by atoms with E-state index < -0.39 is 0 Å². The Labute approximate surface area is 132 Å². The Morgan fingerprint density at radius 3 is 2.50 bits per heavy atom. The predicted molar refractivity (Wildman–Crippen MR) is 86.8 cm³/mol. The Balaban J connectivity index is 1.72. The van der Waals surface area contributed by atoms with E-state index in [4.69, 9.17) is 9.15 Å². The standard InChI is InChI=1S/C18H24N2O2/c1-13-5-4-6-14(2)20(13)11-16-12-22-18(19-16)15-7-9-17(21-3)10-8-15/h7-10,12-14H,4-6,11H2,1-3H3/t13-,14+. The van der Waals surface area contributed by atoms with Gasteiger partial charge in [-0.1, -0.05) is 6.42 Å². The molecule has 0 unspecified atom stereocenters. The highest BCUT2D eigenvalue weighted by Crippen LogP contribution is 2.26. The number of piperidine rings is 1. The second kappa shape index (κ2) is 6.53. The summed E-state index contributed by atoms with van der Waals surface area (Å²) in [5, 5.41) is 0. The third-order valence-electron chi connectivity index (χ3n) is 4.61. The molecule has 2 atom stereocenters. The zero-order chi connectivity index (χ0) is 15.5. The minimum Gasteiger partial charge on any atom is -0.497 e. The molecule has 1 saturated heterocycles. The molecule has 0 radical (unpaired) electrons. The van der Waals surface area contributed by atoms with Crippen LogP contribution in [-0.2, 0) is 6.54 Å². The molecule has 1 aromatic heterocycles. The third-order valence-corrected chi connectivity index (χ3v) is 4.61. The lowest BCUT2D eigenvalue weighted by Crippen LogP contribution is -2.43. The second-order valence-corrected chi connectivity index (χ2v) is 6.17. The summed E-state index contributed by atoms with van der Waals surface area (Å²) >= 11 is 0. The molecule has 0 bridgehead atoms. The molecule has 0 aliphatic carbocycles. The lowest BCUT2D eigenvalue weighted by molar-refractivity contribution is 0.0938. The van der Waals surface area contributed by atoms with Crippen LogP contribution in [-0.4, -0.2) is 29.1 Å². The molecule has 118 valence electrons.